The van der Waals surface area contributed by atoms with Crippen molar-refractivity contribution in [2.75, 3.05) is 18.9 Å². The molecule has 0 spiro atoms. The average molecular weight is 644 g/mol. The number of aliphatic hydroxyl groups excluding tert-OH is 1. The van der Waals surface area contributed by atoms with Crippen LogP contribution in [-0.4, -0.2) is 42.1 Å². The molecule has 4 aromatic rings. The Bertz CT molecular complexity index is 1620. The van der Waals surface area contributed by atoms with Crippen LogP contribution in [-0.2, 0) is 32.2 Å². The first-order valence-corrected chi connectivity index (χ1v) is 16.1. The molecule has 11 heteroatoms. The summed E-state index contributed by atoms with van der Waals surface area (Å²) in [5.41, 5.74) is 5.46. The van der Waals surface area contributed by atoms with Crippen LogP contribution in [0.15, 0.2) is 102 Å². The number of hydrogen-bond acceptors (Lipinski definition) is 8. The van der Waals surface area contributed by atoms with E-state index >= 15 is 0 Å². The van der Waals surface area contributed by atoms with Gasteiger partial charge in [0.1, 0.15) is 6.54 Å². The number of aliphatic hydroxyl groups is 1. The normalized spacial score (nSPS) is 17.7. The van der Waals surface area contributed by atoms with Crippen molar-refractivity contribution in [2.24, 2.45) is 0 Å². The number of ether oxygens (including phenoxy) is 3. The van der Waals surface area contributed by atoms with Gasteiger partial charge in [-0.3, -0.25) is 4.79 Å². The Morgan fingerprint density at radius 3 is 2.48 bits per heavy atom. The Balaban J connectivity index is 1.30. The molecule has 0 saturated carbocycles. The molecule has 1 aromatic heterocycles. The molecule has 46 heavy (non-hydrogen) atoms. The van der Waals surface area contributed by atoms with Crippen molar-refractivity contribution in [3.05, 3.63) is 125 Å². The van der Waals surface area contributed by atoms with E-state index in [-0.39, 0.29) is 38.5 Å². The second-order valence-electron chi connectivity index (χ2n) is 10.7. The summed E-state index contributed by atoms with van der Waals surface area (Å²) in [7, 11) is 0. The summed E-state index contributed by atoms with van der Waals surface area (Å²) in [6.45, 7) is 2.01. The Kier molecular flexibility index (Phi) is 11.6. The molecule has 1 fully saturated rings. The summed E-state index contributed by atoms with van der Waals surface area (Å²) in [4.78, 5) is 23.6. The van der Waals surface area contributed by atoms with Gasteiger partial charge in [-0.15, -0.1) is 0 Å². The van der Waals surface area contributed by atoms with Crippen molar-refractivity contribution in [3.63, 3.8) is 0 Å². The molecule has 240 valence electrons. The van der Waals surface area contributed by atoms with Crippen molar-refractivity contribution in [1.29, 1.82) is 0 Å². The molecule has 3 aromatic carbocycles. The van der Waals surface area contributed by atoms with E-state index in [1.165, 1.54) is 18.0 Å². The van der Waals surface area contributed by atoms with Crippen molar-refractivity contribution >= 4 is 23.8 Å². The summed E-state index contributed by atoms with van der Waals surface area (Å²) < 4.78 is 18.7. The van der Waals surface area contributed by atoms with Gasteiger partial charge in [0.15, 0.2) is 12.5 Å². The van der Waals surface area contributed by atoms with Crippen LogP contribution in [0.25, 0.3) is 11.1 Å². The number of pyridine rings is 1. The summed E-state index contributed by atoms with van der Waals surface area (Å²) >= 11 is 1.45. The minimum Gasteiger partial charge on any atom is -0.618 e. The zero-order valence-electron chi connectivity index (χ0n) is 25.5. The molecule has 2 heterocycles. The van der Waals surface area contributed by atoms with Crippen molar-refractivity contribution in [3.8, 4) is 11.1 Å². The predicted octanol–water partition coefficient (Wildman–Crippen LogP) is 5.18. The van der Waals surface area contributed by atoms with Gasteiger partial charge in [-0.05, 0) is 52.9 Å². The molecular formula is C35H37N3O7S. The highest BCUT2D eigenvalue weighted by Crippen LogP contribution is 2.40. The number of amides is 2. The molecule has 3 N–H and O–H groups in total. The lowest BCUT2D eigenvalue weighted by atomic mass is 9.99. The van der Waals surface area contributed by atoms with Gasteiger partial charge in [0.05, 0.1) is 25.4 Å². The van der Waals surface area contributed by atoms with E-state index in [9.17, 15) is 19.9 Å². The Hall–Kier alpha value is -4.42. The number of carbonyl (C=O) groups excluding carboxylic acids is 2. The van der Waals surface area contributed by atoms with Crippen molar-refractivity contribution < 1.29 is 33.6 Å². The number of nitrogens with zero attached hydrogens (tertiary/aromatic N) is 1. The van der Waals surface area contributed by atoms with E-state index < -0.39 is 18.3 Å². The maximum absolute atomic E-state index is 12.2. The molecule has 1 saturated heterocycles. The number of urea groups is 1. The monoisotopic (exact) mass is 643 g/mol. The van der Waals surface area contributed by atoms with Crippen LogP contribution < -0.4 is 15.4 Å². The molecule has 2 amide bonds. The quantitative estimate of drug-likeness (QED) is 0.0833. The number of carbonyl (C=O) groups is 2. The maximum atomic E-state index is 12.2. The molecule has 1 aliphatic heterocycles. The number of benzene rings is 3. The summed E-state index contributed by atoms with van der Waals surface area (Å²) in [6, 6.07) is 28.4. The van der Waals surface area contributed by atoms with Crippen LogP contribution in [0.4, 0.5) is 4.79 Å². The van der Waals surface area contributed by atoms with Crippen LogP contribution in [0.5, 0.6) is 0 Å². The molecule has 1 aliphatic rings. The molecule has 3 atom stereocenters. The summed E-state index contributed by atoms with van der Waals surface area (Å²) in [5, 5.41) is 27.6. The first-order valence-electron chi connectivity index (χ1n) is 15.1. The van der Waals surface area contributed by atoms with Gasteiger partial charge < -0.3 is 35.2 Å². The largest absolute Gasteiger partial charge is 0.618 e. The fourth-order valence-corrected chi connectivity index (χ4v) is 5.99. The van der Waals surface area contributed by atoms with Crippen LogP contribution in [0.1, 0.15) is 48.0 Å². The summed E-state index contributed by atoms with van der Waals surface area (Å²) in [5.74, 6) is 0.0765. The van der Waals surface area contributed by atoms with Crippen LogP contribution in [0, 0.1) is 5.21 Å². The lowest BCUT2D eigenvalue weighted by Crippen LogP contribution is -2.38. The van der Waals surface area contributed by atoms with E-state index in [4.69, 9.17) is 14.2 Å². The predicted molar refractivity (Wildman–Crippen MR) is 173 cm³/mol. The third-order valence-corrected chi connectivity index (χ3v) is 8.54. The van der Waals surface area contributed by atoms with Gasteiger partial charge in [-0.1, -0.05) is 72.4 Å². The van der Waals surface area contributed by atoms with E-state index in [1.807, 2.05) is 78.9 Å². The lowest BCUT2D eigenvalue weighted by Gasteiger charge is -2.36. The SMILES string of the molecule is CCOC(=O)CNC(=O)NCc1cccc(-c2cccc(C3OC(CSc4cccc[n+]4[O-])CC(c4ccc(CO)cc4)O3)c2)c1. The number of hydrogen-bond donors (Lipinski definition) is 3. The number of thioether (sulfide) groups is 1. The molecule has 0 radical (unpaired) electrons. The number of rotatable bonds is 12. The third-order valence-electron chi connectivity index (χ3n) is 7.39. The lowest BCUT2D eigenvalue weighted by molar-refractivity contribution is -0.645. The van der Waals surface area contributed by atoms with E-state index in [0.29, 0.717) is 17.2 Å². The van der Waals surface area contributed by atoms with E-state index in [1.54, 1.807) is 19.1 Å². The van der Waals surface area contributed by atoms with Crippen LogP contribution in [0.2, 0.25) is 0 Å². The first kappa shape index (κ1) is 33.0. The van der Waals surface area contributed by atoms with Gasteiger partial charge >= 0.3 is 12.0 Å². The number of nitrogens with one attached hydrogen (secondary N) is 2. The topological polar surface area (TPSA) is 133 Å². The zero-order chi connectivity index (χ0) is 32.3. The highest BCUT2D eigenvalue weighted by Gasteiger charge is 2.33. The van der Waals surface area contributed by atoms with Crippen LogP contribution >= 0.6 is 11.8 Å². The molecule has 0 bridgehead atoms. The van der Waals surface area contributed by atoms with Crippen LogP contribution in [0.3, 0.4) is 0 Å². The third kappa shape index (κ3) is 9.07. The minimum absolute atomic E-state index is 0.0319. The number of aromatic nitrogens is 1. The second-order valence-corrected chi connectivity index (χ2v) is 11.7. The van der Waals surface area contributed by atoms with Gasteiger partial charge in [-0.25, -0.2) is 4.79 Å². The molecule has 3 unspecified atom stereocenters. The Labute approximate surface area is 272 Å². The second kappa shape index (κ2) is 16.2. The maximum Gasteiger partial charge on any atom is 0.325 e. The van der Waals surface area contributed by atoms with Crippen molar-refractivity contribution in [1.82, 2.24) is 10.6 Å². The van der Waals surface area contributed by atoms with Gasteiger partial charge in [-0.2, -0.15) is 4.73 Å². The van der Waals surface area contributed by atoms with E-state index in [0.717, 1.165) is 38.1 Å². The fraction of sp³-hybridized carbons (Fsp3) is 0.286. The smallest absolute Gasteiger partial charge is 0.325 e. The molecule has 5 rings (SSSR count). The standard InChI is InChI=1S/C35H37N3O7S/c1-2-43-33(40)21-37-35(41)36-20-25-7-5-8-27(17-25)28-9-6-10-29(18-28)34-44-30(23-46-32-11-3-4-16-38(32)42)19-31(45-34)26-14-12-24(22-39)13-15-26/h3-18,30-31,34,39H,2,19-23H2,1H3,(H2,36,37,41). The minimum atomic E-state index is -0.648. The molecular weight excluding hydrogens is 606 g/mol. The highest BCUT2D eigenvalue weighted by molar-refractivity contribution is 7.99. The number of esters is 1. The first-order chi connectivity index (χ1) is 22.4. The fourth-order valence-electron chi connectivity index (χ4n) is 5.06. The molecule has 10 nitrogen and oxygen atoms in total. The zero-order valence-corrected chi connectivity index (χ0v) is 26.3. The Morgan fingerprint density at radius 1 is 0.935 bits per heavy atom. The van der Waals surface area contributed by atoms with E-state index in [2.05, 4.69) is 10.6 Å². The summed E-state index contributed by atoms with van der Waals surface area (Å²) in [6.07, 6.45) is 0.999. The van der Waals surface area contributed by atoms with Crippen molar-refractivity contribution in [2.45, 2.75) is 50.0 Å². The van der Waals surface area contributed by atoms with Gasteiger partial charge in [0.2, 0.25) is 0 Å². The van der Waals surface area contributed by atoms with Gasteiger partial charge in [0.25, 0.3) is 5.03 Å². The average Bonchev–Trinajstić information content (AvgIpc) is 3.09. The molecule has 0 aliphatic carbocycles. The van der Waals surface area contributed by atoms with Gasteiger partial charge in [0, 0.05) is 36.4 Å². The highest BCUT2D eigenvalue weighted by atomic mass is 32.2. The Morgan fingerprint density at radius 2 is 1.72 bits per heavy atom.